The number of para-hydroxylation sites is 2. The number of imidazole rings is 1. The summed E-state index contributed by atoms with van der Waals surface area (Å²) in [6.07, 6.45) is 7.52. The van der Waals surface area contributed by atoms with E-state index in [1.54, 1.807) is 4.57 Å². The number of nitrogens with two attached hydrogens (primary N) is 1. The summed E-state index contributed by atoms with van der Waals surface area (Å²) in [5, 5.41) is 19.2. The van der Waals surface area contributed by atoms with Crippen molar-refractivity contribution in [3.8, 4) is 0 Å². The molecule has 7 heteroatoms. The second-order valence-electron chi connectivity index (χ2n) is 11.1. The molecule has 4 N–H and O–H groups in total. The van der Waals surface area contributed by atoms with Crippen LogP contribution in [0.2, 0.25) is 0 Å². The number of fused-ring (bicyclic) bond motifs is 4. The van der Waals surface area contributed by atoms with Gasteiger partial charge in [-0.1, -0.05) is 12.1 Å². The molecule has 0 amide bonds. The Morgan fingerprint density at radius 1 is 1.09 bits per heavy atom. The van der Waals surface area contributed by atoms with E-state index in [1.807, 2.05) is 28.8 Å². The van der Waals surface area contributed by atoms with Crippen LogP contribution in [0.5, 0.6) is 0 Å². The summed E-state index contributed by atoms with van der Waals surface area (Å²) in [6, 6.07) is 7.97. The summed E-state index contributed by atoms with van der Waals surface area (Å²) >= 11 is 0. The number of likely N-dealkylation sites (tertiary alicyclic amines) is 1. The van der Waals surface area contributed by atoms with E-state index in [9.17, 15) is 15.0 Å². The van der Waals surface area contributed by atoms with Gasteiger partial charge in [-0.3, -0.25) is 9.13 Å². The molecule has 2 heterocycles. The van der Waals surface area contributed by atoms with Crippen LogP contribution in [0.25, 0.3) is 11.0 Å². The molecule has 1 aromatic carbocycles. The minimum Gasteiger partial charge on any atom is -0.394 e. The van der Waals surface area contributed by atoms with Crippen LogP contribution in [0.15, 0.2) is 29.1 Å². The summed E-state index contributed by atoms with van der Waals surface area (Å²) in [5.41, 5.74) is 9.21. The van der Waals surface area contributed by atoms with Gasteiger partial charge in [0.1, 0.15) is 0 Å². The minimum absolute atomic E-state index is 0.0654. The fraction of sp³-hybridized carbons (Fsp3) is 0.720. The molecule has 0 radical (unpaired) electrons. The highest BCUT2D eigenvalue weighted by Crippen LogP contribution is 2.72. The van der Waals surface area contributed by atoms with Crippen LogP contribution in [-0.2, 0) is 6.54 Å². The van der Waals surface area contributed by atoms with Gasteiger partial charge in [0.25, 0.3) is 0 Å². The predicted molar refractivity (Wildman–Crippen MR) is 123 cm³/mol. The zero-order valence-electron chi connectivity index (χ0n) is 18.8. The second-order valence-corrected chi connectivity index (χ2v) is 11.1. The molecule has 2 aromatic rings. The molecule has 6 rings (SSSR count). The van der Waals surface area contributed by atoms with Crippen molar-refractivity contribution in [2.24, 2.45) is 23.0 Å². The average molecular weight is 441 g/mol. The maximum atomic E-state index is 13.3. The SMILES string of the molecule is N[C@@]12CC[C@@H](C1)C1(CC1)[C@H]2CN1CCC(n2c(=O)n(CC(O)CO)c3ccccc32)CC1. The van der Waals surface area contributed by atoms with E-state index in [0.717, 1.165) is 49.4 Å². The van der Waals surface area contributed by atoms with E-state index in [-0.39, 0.29) is 30.4 Å². The fourth-order valence-electron chi connectivity index (χ4n) is 7.68. The number of piperidine rings is 1. The van der Waals surface area contributed by atoms with Crippen molar-refractivity contribution in [3.05, 3.63) is 34.7 Å². The van der Waals surface area contributed by atoms with Gasteiger partial charge in [0.2, 0.25) is 0 Å². The van der Waals surface area contributed by atoms with Crippen molar-refractivity contribution in [2.75, 3.05) is 26.2 Å². The topological polar surface area (TPSA) is 96.7 Å². The maximum Gasteiger partial charge on any atom is 0.329 e. The average Bonchev–Trinajstić information content (AvgIpc) is 3.35. The third kappa shape index (κ3) is 3.05. The number of nitrogens with zero attached hydrogens (tertiary/aromatic N) is 3. The second kappa shape index (κ2) is 7.42. The monoisotopic (exact) mass is 440 g/mol. The first kappa shape index (κ1) is 20.9. The molecule has 3 aliphatic carbocycles. The highest BCUT2D eigenvalue weighted by Gasteiger charge is 2.68. The predicted octanol–water partition coefficient (Wildman–Crippen LogP) is 1.70. The van der Waals surface area contributed by atoms with Gasteiger partial charge in [-0.25, -0.2) is 4.79 Å². The Morgan fingerprint density at radius 2 is 1.81 bits per heavy atom. The first-order valence-electron chi connectivity index (χ1n) is 12.5. The van der Waals surface area contributed by atoms with Crippen molar-refractivity contribution in [3.63, 3.8) is 0 Å². The van der Waals surface area contributed by atoms with Gasteiger partial charge >= 0.3 is 5.69 Å². The van der Waals surface area contributed by atoms with Crippen LogP contribution in [0.1, 0.15) is 51.0 Å². The van der Waals surface area contributed by atoms with E-state index < -0.39 is 6.10 Å². The van der Waals surface area contributed by atoms with Gasteiger partial charge < -0.3 is 20.8 Å². The Hall–Kier alpha value is -1.67. The first-order chi connectivity index (χ1) is 15.4. The molecule has 32 heavy (non-hydrogen) atoms. The summed E-state index contributed by atoms with van der Waals surface area (Å²) in [5.74, 6) is 1.52. The smallest absolute Gasteiger partial charge is 0.329 e. The van der Waals surface area contributed by atoms with Gasteiger partial charge in [0, 0.05) is 31.2 Å². The Bertz CT molecular complexity index is 1060. The molecular formula is C25H36N4O3. The lowest BCUT2D eigenvalue weighted by atomic mass is 9.73. The molecule has 4 fully saturated rings. The lowest BCUT2D eigenvalue weighted by Crippen LogP contribution is -2.52. The zero-order valence-corrected chi connectivity index (χ0v) is 18.8. The highest BCUT2D eigenvalue weighted by molar-refractivity contribution is 5.76. The summed E-state index contributed by atoms with van der Waals surface area (Å²) in [6.45, 7) is 2.90. The molecule has 4 aliphatic rings. The molecule has 1 unspecified atom stereocenters. The van der Waals surface area contributed by atoms with Gasteiger partial charge in [0.05, 0.1) is 30.3 Å². The molecule has 3 saturated carbocycles. The number of aromatic nitrogens is 2. The van der Waals surface area contributed by atoms with Crippen molar-refractivity contribution in [1.82, 2.24) is 14.0 Å². The van der Waals surface area contributed by atoms with Crippen LogP contribution in [-0.4, -0.2) is 62.1 Å². The summed E-state index contributed by atoms with van der Waals surface area (Å²) in [7, 11) is 0. The number of benzene rings is 1. The third-order valence-electron chi connectivity index (χ3n) is 9.45. The number of hydrogen-bond acceptors (Lipinski definition) is 5. The van der Waals surface area contributed by atoms with Gasteiger partial charge in [-0.05, 0) is 74.3 Å². The summed E-state index contributed by atoms with van der Waals surface area (Å²) in [4.78, 5) is 15.9. The number of rotatable bonds is 6. The molecule has 1 aliphatic heterocycles. The van der Waals surface area contributed by atoms with E-state index in [2.05, 4.69) is 4.90 Å². The maximum absolute atomic E-state index is 13.3. The van der Waals surface area contributed by atoms with E-state index in [4.69, 9.17) is 5.73 Å². The Morgan fingerprint density at radius 3 is 2.50 bits per heavy atom. The summed E-state index contributed by atoms with van der Waals surface area (Å²) < 4.78 is 3.55. The van der Waals surface area contributed by atoms with Gasteiger partial charge in [0.15, 0.2) is 0 Å². The Labute approximate surface area is 188 Å². The van der Waals surface area contributed by atoms with Crippen molar-refractivity contribution in [2.45, 2.75) is 69.2 Å². The standard InChI is InChI=1S/C25H36N4O3/c26-25-8-5-17(13-25)24(9-10-24)22(25)15-27-11-6-18(7-12-27)29-21-4-2-1-3-20(21)28(23(29)32)14-19(31)16-30/h1-4,17-19,22,30-31H,5-16,26H2/t17-,19?,22+,25-/m0/s1. The molecule has 7 nitrogen and oxygen atoms in total. The molecular weight excluding hydrogens is 404 g/mol. The molecule has 1 spiro atoms. The van der Waals surface area contributed by atoms with E-state index >= 15 is 0 Å². The van der Waals surface area contributed by atoms with Crippen LogP contribution >= 0.6 is 0 Å². The van der Waals surface area contributed by atoms with Crippen LogP contribution in [0, 0.1) is 17.3 Å². The molecule has 1 saturated heterocycles. The number of hydrogen-bond donors (Lipinski definition) is 3. The van der Waals surface area contributed by atoms with Crippen molar-refractivity contribution >= 4 is 11.0 Å². The van der Waals surface area contributed by atoms with E-state index in [1.165, 1.54) is 32.1 Å². The van der Waals surface area contributed by atoms with Crippen LogP contribution in [0.3, 0.4) is 0 Å². The normalized spacial score (nSPS) is 32.8. The van der Waals surface area contributed by atoms with Gasteiger partial charge in [-0.15, -0.1) is 0 Å². The van der Waals surface area contributed by atoms with Crippen molar-refractivity contribution in [1.29, 1.82) is 0 Å². The minimum atomic E-state index is -0.936. The molecule has 1 aromatic heterocycles. The van der Waals surface area contributed by atoms with Crippen LogP contribution < -0.4 is 11.4 Å². The molecule has 174 valence electrons. The van der Waals surface area contributed by atoms with Gasteiger partial charge in [-0.2, -0.15) is 0 Å². The quantitative estimate of drug-likeness (QED) is 0.635. The number of aliphatic hydroxyl groups is 2. The van der Waals surface area contributed by atoms with Crippen LogP contribution in [0.4, 0.5) is 0 Å². The lowest BCUT2D eigenvalue weighted by Gasteiger charge is -2.42. The van der Waals surface area contributed by atoms with Crippen molar-refractivity contribution < 1.29 is 10.2 Å². The first-order valence-corrected chi connectivity index (χ1v) is 12.5. The Kier molecular flexibility index (Phi) is 4.85. The lowest BCUT2D eigenvalue weighted by molar-refractivity contribution is 0.0801. The Balaban J connectivity index is 1.20. The number of aliphatic hydroxyl groups excluding tert-OH is 2. The van der Waals surface area contributed by atoms with E-state index in [0.29, 0.717) is 11.3 Å². The third-order valence-corrected chi connectivity index (χ3v) is 9.45. The fourth-order valence-corrected chi connectivity index (χ4v) is 7.68. The zero-order chi connectivity index (χ0) is 22.1. The largest absolute Gasteiger partial charge is 0.394 e. The molecule has 2 bridgehead atoms. The highest BCUT2D eigenvalue weighted by atomic mass is 16.3. The molecule has 4 atom stereocenters.